The third kappa shape index (κ3) is 4.25. The number of hydrogen-bond donors (Lipinski definition) is 1. The van der Waals surface area contributed by atoms with Crippen molar-refractivity contribution in [3.63, 3.8) is 0 Å². The molecule has 1 saturated heterocycles. The van der Waals surface area contributed by atoms with Crippen LogP contribution in [0.3, 0.4) is 0 Å². The number of methoxy groups -OCH3 is 1. The Balaban J connectivity index is 1.67. The molecule has 5 nitrogen and oxygen atoms in total. The lowest BCUT2D eigenvalue weighted by Gasteiger charge is -2.47. The van der Waals surface area contributed by atoms with Crippen molar-refractivity contribution in [2.75, 3.05) is 7.11 Å². The minimum absolute atomic E-state index is 0.161. The fourth-order valence-corrected chi connectivity index (χ4v) is 6.23. The molecule has 0 spiro atoms. The summed E-state index contributed by atoms with van der Waals surface area (Å²) < 4.78 is 5.29. The first kappa shape index (κ1) is 21.6. The molecule has 3 aromatic rings. The average Bonchev–Trinajstić information content (AvgIpc) is 3.50. The predicted octanol–water partition coefficient (Wildman–Crippen LogP) is 5.67. The van der Waals surface area contributed by atoms with E-state index in [4.69, 9.17) is 4.74 Å². The Morgan fingerprint density at radius 2 is 1.61 bits per heavy atom. The van der Waals surface area contributed by atoms with Gasteiger partial charge in [0.1, 0.15) is 11.5 Å². The number of amides is 2. The van der Waals surface area contributed by atoms with Crippen molar-refractivity contribution in [3.05, 3.63) is 74.6 Å². The molecule has 1 N–H and O–H groups in total. The highest BCUT2D eigenvalue weighted by Crippen LogP contribution is 2.48. The van der Waals surface area contributed by atoms with E-state index in [1.807, 2.05) is 78.0 Å². The van der Waals surface area contributed by atoms with Crippen LogP contribution >= 0.6 is 22.7 Å². The van der Waals surface area contributed by atoms with E-state index in [1.165, 1.54) is 0 Å². The fraction of sp³-hybridized carbons (Fsp3) is 0.333. The number of thiophene rings is 2. The monoisotopic (exact) mass is 454 g/mol. The van der Waals surface area contributed by atoms with Gasteiger partial charge in [-0.3, -0.25) is 4.79 Å². The summed E-state index contributed by atoms with van der Waals surface area (Å²) in [7, 11) is 1.63. The summed E-state index contributed by atoms with van der Waals surface area (Å²) in [4.78, 5) is 30.8. The molecule has 4 atom stereocenters. The average molecular weight is 455 g/mol. The molecule has 7 heteroatoms. The fourth-order valence-electron chi connectivity index (χ4n) is 4.37. The van der Waals surface area contributed by atoms with Crippen molar-refractivity contribution in [1.29, 1.82) is 0 Å². The van der Waals surface area contributed by atoms with E-state index in [2.05, 4.69) is 5.32 Å². The van der Waals surface area contributed by atoms with Crippen LogP contribution in [0.2, 0.25) is 0 Å². The summed E-state index contributed by atoms with van der Waals surface area (Å²) >= 11 is 3.18. The molecule has 2 aromatic heterocycles. The Morgan fingerprint density at radius 3 is 2.13 bits per heavy atom. The lowest BCUT2D eigenvalue weighted by atomic mass is 9.78. The molecule has 0 bridgehead atoms. The zero-order valence-corrected chi connectivity index (χ0v) is 19.4. The first-order valence-electron chi connectivity index (χ1n) is 10.3. The topological polar surface area (TPSA) is 58.6 Å². The zero-order valence-electron chi connectivity index (χ0n) is 17.8. The van der Waals surface area contributed by atoms with Crippen LogP contribution in [-0.4, -0.2) is 23.8 Å². The molecule has 0 saturated carbocycles. The second kappa shape index (κ2) is 9.24. The summed E-state index contributed by atoms with van der Waals surface area (Å²) in [6.45, 7) is 4.27. The molecule has 0 aliphatic carbocycles. The van der Waals surface area contributed by atoms with Gasteiger partial charge in [0, 0.05) is 28.1 Å². The second-order valence-corrected chi connectivity index (χ2v) is 9.78. The van der Waals surface area contributed by atoms with Gasteiger partial charge in [0.25, 0.3) is 0 Å². The van der Waals surface area contributed by atoms with E-state index in [1.54, 1.807) is 29.8 Å². The minimum Gasteiger partial charge on any atom is -0.497 e. The molecule has 0 radical (unpaired) electrons. The van der Waals surface area contributed by atoms with Gasteiger partial charge in [-0.2, -0.15) is 0 Å². The van der Waals surface area contributed by atoms with Crippen LogP contribution < -0.4 is 10.1 Å². The first-order chi connectivity index (χ1) is 15.0. The lowest BCUT2D eigenvalue weighted by molar-refractivity contribution is -0.135. The van der Waals surface area contributed by atoms with Crippen molar-refractivity contribution in [2.24, 2.45) is 11.8 Å². The minimum atomic E-state index is -0.291. The summed E-state index contributed by atoms with van der Waals surface area (Å²) in [6, 6.07) is 14.9. The highest BCUT2D eigenvalue weighted by Gasteiger charge is 2.48. The maximum atomic E-state index is 13.6. The van der Waals surface area contributed by atoms with E-state index in [-0.39, 0.29) is 35.7 Å². The molecular weight excluding hydrogens is 428 g/mol. The first-order valence-corrected chi connectivity index (χ1v) is 12.1. The summed E-state index contributed by atoms with van der Waals surface area (Å²) in [5, 5.41) is 7.08. The smallest absolute Gasteiger partial charge is 0.318 e. The van der Waals surface area contributed by atoms with Crippen molar-refractivity contribution in [3.8, 4) is 5.75 Å². The van der Waals surface area contributed by atoms with Crippen LogP contribution in [0.25, 0.3) is 0 Å². The normalized spacial score (nSPS) is 23.6. The van der Waals surface area contributed by atoms with E-state index in [0.29, 0.717) is 6.54 Å². The maximum absolute atomic E-state index is 13.6. The van der Waals surface area contributed by atoms with Gasteiger partial charge in [-0.05, 0) is 40.6 Å². The van der Waals surface area contributed by atoms with Gasteiger partial charge < -0.3 is 15.0 Å². The van der Waals surface area contributed by atoms with Gasteiger partial charge in [-0.1, -0.05) is 38.1 Å². The standard InChI is InChI=1S/C24H26N2O3S2/c1-15-21(19-9-5-11-30-19)26(22(16(2)23(15)27)20-10-6-12-31-20)24(28)25-14-17-7-4-8-18(13-17)29-3/h4-13,15-16,21-22H,14H2,1-3H3,(H,25,28)/t15-,16+,21+,22-. The Hall–Kier alpha value is -2.64. The molecule has 1 aromatic carbocycles. The summed E-state index contributed by atoms with van der Waals surface area (Å²) in [6.07, 6.45) is 0. The zero-order chi connectivity index (χ0) is 22.0. The number of benzene rings is 1. The Labute approximate surface area is 190 Å². The quantitative estimate of drug-likeness (QED) is 0.541. The summed E-state index contributed by atoms with van der Waals surface area (Å²) in [5.41, 5.74) is 0.960. The number of urea groups is 1. The molecule has 1 aliphatic rings. The highest BCUT2D eigenvalue weighted by atomic mass is 32.1. The molecule has 2 amide bonds. The number of rotatable bonds is 5. The number of likely N-dealkylation sites (tertiary alicyclic amines) is 1. The molecule has 1 fully saturated rings. The number of carbonyl (C=O) groups is 2. The third-order valence-corrected chi connectivity index (χ3v) is 7.81. The van der Waals surface area contributed by atoms with Gasteiger partial charge in [-0.15, -0.1) is 22.7 Å². The van der Waals surface area contributed by atoms with Crippen molar-refractivity contribution < 1.29 is 14.3 Å². The lowest BCUT2D eigenvalue weighted by Crippen LogP contribution is -2.54. The molecule has 162 valence electrons. The van der Waals surface area contributed by atoms with Gasteiger partial charge in [0.2, 0.25) is 0 Å². The number of Topliss-reactive ketones (excluding diaryl/α,β-unsaturated/α-hetero) is 1. The van der Waals surface area contributed by atoms with Crippen LogP contribution in [-0.2, 0) is 11.3 Å². The molecule has 1 aliphatic heterocycles. The number of ketones is 1. The molecular formula is C24H26N2O3S2. The maximum Gasteiger partial charge on any atom is 0.318 e. The van der Waals surface area contributed by atoms with Crippen LogP contribution in [0.5, 0.6) is 5.75 Å². The molecule has 3 heterocycles. The third-order valence-electron chi connectivity index (χ3n) is 5.93. The molecule has 31 heavy (non-hydrogen) atoms. The Kier molecular flexibility index (Phi) is 6.43. The number of piperidine rings is 1. The number of nitrogens with zero attached hydrogens (tertiary/aromatic N) is 1. The number of hydrogen-bond acceptors (Lipinski definition) is 5. The van der Waals surface area contributed by atoms with Crippen LogP contribution in [0.4, 0.5) is 4.79 Å². The van der Waals surface area contributed by atoms with Crippen LogP contribution in [0, 0.1) is 11.8 Å². The van der Waals surface area contributed by atoms with Crippen LogP contribution in [0.15, 0.2) is 59.3 Å². The van der Waals surface area contributed by atoms with Crippen molar-refractivity contribution in [2.45, 2.75) is 32.5 Å². The number of carbonyl (C=O) groups excluding carboxylic acids is 2. The number of ether oxygens (including phenoxy) is 1. The highest BCUT2D eigenvalue weighted by molar-refractivity contribution is 7.10. The SMILES string of the molecule is COc1cccc(CNC(=O)N2[C@H](c3cccs3)[C@@H](C)C(=O)[C@@H](C)[C@@H]2c2cccs2)c1. The van der Waals surface area contributed by atoms with Crippen molar-refractivity contribution in [1.82, 2.24) is 10.2 Å². The van der Waals surface area contributed by atoms with E-state index >= 15 is 0 Å². The predicted molar refractivity (Wildman–Crippen MR) is 125 cm³/mol. The largest absolute Gasteiger partial charge is 0.497 e. The number of nitrogens with one attached hydrogen (secondary N) is 1. The van der Waals surface area contributed by atoms with Crippen LogP contribution in [0.1, 0.15) is 41.2 Å². The van der Waals surface area contributed by atoms with Crippen molar-refractivity contribution >= 4 is 34.5 Å². The van der Waals surface area contributed by atoms with E-state index < -0.39 is 0 Å². The van der Waals surface area contributed by atoms with E-state index in [0.717, 1.165) is 21.1 Å². The second-order valence-electron chi connectivity index (χ2n) is 7.82. The van der Waals surface area contributed by atoms with Gasteiger partial charge in [-0.25, -0.2) is 4.79 Å². The van der Waals surface area contributed by atoms with Gasteiger partial charge in [0.05, 0.1) is 19.2 Å². The molecule has 4 rings (SSSR count). The molecule has 0 unspecified atom stereocenters. The van der Waals surface area contributed by atoms with Gasteiger partial charge in [0.15, 0.2) is 0 Å². The summed E-state index contributed by atoms with van der Waals surface area (Å²) in [5.74, 6) is 0.416. The van der Waals surface area contributed by atoms with E-state index in [9.17, 15) is 9.59 Å². The van der Waals surface area contributed by atoms with Gasteiger partial charge >= 0.3 is 6.03 Å². The Bertz CT molecular complexity index is 983. The Morgan fingerprint density at radius 1 is 1.00 bits per heavy atom.